The van der Waals surface area contributed by atoms with Gasteiger partial charge in [-0.15, -0.1) is 0 Å². The van der Waals surface area contributed by atoms with Crippen LogP contribution in [0.3, 0.4) is 0 Å². The molecule has 0 saturated carbocycles. The van der Waals surface area contributed by atoms with E-state index in [0.717, 1.165) is 23.9 Å². The lowest BCUT2D eigenvalue weighted by molar-refractivity contribution is -0.121. The fourth-order valence-electron chi connectivity index (χ4n) is 3.05. The first-order chi connectivity index (χ1) is 13.5. The van der Waals surface area contributed by atoms with Gasteiger partial charge < -0.3 is 10.3 Å². The number of hydrogen-bond donors (Lipinski definition) is 3. The molecule has 28 heavy (non-hydrogen) atoms. The molecule has 1 aromatic heterocycles. The predicted molar refractivity (Wildman–Crippen MR) is 111 cm³/mol. The van der Waals surface area contributed by atoms with Crippen molar-refractivity contribution in [3.63, 3.8) is 0 Å². The third kappa shape index (κ3) is 5.21. The largest absolute Gasteiger partial charge is 0.361 e. The molecule has 3 N–H and O–H groups in total. The van der Waals surface area contributed by atoms with Crippen LogP contribution in [0.15, 0.2) is 59.6 Å². The van der Waals surface area contributed by atoms with Crippen LogP contribution in [0.4, 0.5) is 0 Å². The van der Waals surface area contributed by atoms with Gasteiger partial charge in [-0.2, -0.15) is 0 Å². The Labute approximate surface area is 165 Å². The van der Waals surface area contributed by atoms with Crippen LogP contribution in [0, 0.1) is 6.92 Å². The lowest BCUT2D eigenvalue weighted by Gasteiger charge is -2.08. The van der Waals surface area contributed by atoms with Crippen molar-refractivity contribution in [1.29, 1.82) is 0 Å². The maximum absolute atomic E-state index is 12.2. The molecular formula is C21H25N3O3S. The van der Waals surface area contributed by atoms with E-state index in [1.54, 1.807) is 24.3 Å². The number of aryl methyl sites for hydroxylation is 2. The Bertz CT molecular complexity index is 1040. The number of benzene rings is 2. The molecule has 3 rings (SSSR count). The molecule has 6 nitrogen and oxygen atoms in total. The van der Waals surface area contributed by atoms with E-state index < -0.39 is 10.0 Å². The molecule has 1 amide bonds. The third-order valence-electron chi connectivity index (χ3n) is 4.60. The van der Waals surface area contributed by atoms with Gasteiger partial charge in [0.05, 0.1) is 4.90 Å². The van der Waals surface area contributed by atoms with Crippen LogP contribution in [0.2, 0.25) is 0 Å². The molecule has 0 unspecified atom stereocenters. The second-order valence-corrected chi connectivity index (χ2v) is 8.54. The molecule has 0 aliphatic rings. The molecule has 148 valence electrons. The van der Waals surface area contributed by atoms with Crippen molar-refractivity contribution in [3.05, 3.63) is 65.9 Å². The summed E-state index contributed by atoms with van der Waals surface area (Å²) in [4.78, 5) is 15.4. The van der Waals surface area contributed by atoms with Crippen LogP contribution in [0.1, 0.15) is 24.0 Å². The lowest BCUT2D eigenvalue weighted by Crippen LogP contribution is -2.34. The number of hydrogen-bond acceptors (Lipinski definition) is 3. The Morgan fingerprint density at radius 2 is 1.79 bits per heavy atom. The summed E-state index contributed by atoms with van der Waals surface area (Å²) in [5, 5.41) is 3.95. The number of aromatic nitrogens is 1. The standard InChI is InChI=1S/C21H25N3O3S/c1-16-9-11-18(12-10-16)28(26,27)24-14-13-22-21(25)8-4-5-17-15-23-20-7-3-2-6-19(17)20/h2-3,6-7,9-12,15,23-24H,4-5,8,13-14H2,1H3,(H,22,25). The van der Waals surface area contributed by atoms with Gasteiger partial charge in [0.15, 0.2) is 0 Å². The minimum atomic E-state index is -3.55. The Morgan fingerprint density at radius 1 is 1.04 bits per heavy atom. The van der Waals surface area contributed by atoms with Crippen molar-refractivity contribution in [2.45, 2.75) is 31.1 Å². The topological polar surface area (TPSA) is 91.1 Å². The number of aromatic amines is 1. The second-order valence-electron chi connectivity index (χ2n) is 6.77. The summed E-state index contributed by atoms with van der Waals surface area (Å²) >= 11 is 0. The minimum absolute atomic E-state index is 0.0747. The van der Waals surface area contributed by atoms with Gasteiger partial charge in [-0.25, -0.2) is 13.1 Å². The number of fused-ring (bicyclic) bond motifs is 1. The highest BCUT2D eigenvalue weighted by molar-refractivity contribution is 7.89. The number of rotatable bonds is 9. The summed E-state index contributed by atoms with van der Waals surface area (Å²) in [7, 11) is -3.55. The first kappa shape index (κ1) is 20.1. The molecule has 0 bridgehead atoms. The minimum Gasteiger partial charge on any atom is -0.361 e. The number of H-pyrrole nitrogens is 1. The maximum atomic E-state index is 12.2. The van der Waals surface area contributed by atoms with Crippen molar-refractivity contribution in [2.24, 2.45) is 0 Å². The number of amides is 1. The summed E-state index contributed by atoms with van der Waals surface area (Å²) < 4.78 is 26.8. The zero-order chi connectivity index (χ0) is 20.0. The van der Waals surface area contributed by atoms with Gasteiger partial charge in [-0.3, -0.25) is 4.79 Å². The number of sulfonamides is 1. The SMILES string of the molecule is Cc1ccc(S(=O)(=O)NCCNC(=O)CCCc2c[nH]c3ccccc23)cc1. The van der Waals surface area contributed by atoms with Crippen LogP contribution in [0.25, 0.3) is 10.9 Å². The van der Waals surface area contributed by atoms with Gasteiger partial charge in [-0.1, -0.05) is 35.9 Å². The number of carbonyl (C=O) groups excluding carboxylic acids is 1. The summed E-state index contributed by atoms with van der Waals surface area (Å²) in [6, 6.07) is 14.7. The van der Waals surface area contributed by atoms with Crippen molar-refractivity contribution in [1.82, 2.24) is 15.0 Å². The van der Waals surface area contributed by atoms with Crippen LogP contribution in [-0.4, -0.2) is 32.4 Å². The van der Waals surface area contributed by atoms with Crippen LogP contribution >= 0.6 is 0 Å². The van der Waals surface area contributed by atoms with Crippen molar-refractivity contribution < 1.29 is 13.2 Å². The summed E-state index contributed by atoms with van der Waals surface area (Å²) in [6.45, 7) is 2.32. The molecule has 0 aliphatic carbocycles. The number of carbonyl (C=O) groups is 1. The van der Waals surface area contributed by atoms with Gasteiger partial charge in [0, 0.05) is 36.6 Å². The Hall–Kier alpha value is -2.64. The molecule has 1 heterocycles. The number of para-hydroxylation sites is 1. The fraction of sp³-hybridized carbons (Fsp3) is 0.286. The Balaban J connectivity index is 1.37. The lowest BCUT2D eigenvalue weighted by atomic mass is 10.1. The quantitative estimate of drug-likeness (QED) is 0.483. The van der Waals surface area contributed by atoms with E-state index in [9.17, 15) is 13.2 Å². The van der Waals surface area contributed by atoms with Crippen molar-refractivity contribution >= 4 is 26.8 Å². The third-order valence-corrected chi connectivity index (χ3v) is 6.07. The van der Waals surface area contributed by atoms with E-state index in [1.165, 1.54) is 10.9 Å². The van der Waals surface area contributed by atoms with Crippen molar-refractivity contribution in [3.8, 4) is 0 Å². The van der Waals surface area contributed by atoms with Gasteiger partial charge >= 0.3 is 0 Å². The highest BCUT2D eigenvalue weighted by atomic mass is 32.2. The fourth-order valence-corrected chi connectivity index (χ4v) is 4.09. The van der Waals surface area contributed by atoms with E-state index in [-0.39, 0.29) is 23.9 Å². The van der Waals surface area contributed by atoms with Gasteiger partial charge in [0.1, 0.15) is 0 Å². The molecular weight excluding hydrogens is 374 g/mol. The molecule has 0 saturated heterocycles. The maximum Gasteiger partial charge on any atom is 0.240 e. The van der Waals surface area contributed by atoms with Gasteiger partial charge in [0.25, 0.3) is 0 Å². The summed E-state index contributed by atoms with van der Waals surface area (Å²) in [5.41, 5.74) is 3.30. The zero-order valence-electron chi connectivity index (χ0n) is 15.9. The highest BCUT2D eigenvalue weighted by Crippen LogP contribution is 2.19. The molecule has 0 radical (unpaired) electrons. The first-order valence-corrected chi connectivity index (χ1v) is 10.8. The highest BCUT2D eigenvalue weighted by Gasteiger charge is 2.13. The summed E-state index contributed by atoms with van der Waals surface area (Å²) in [5.74, 6) is -0.0747. The second kappa shape index (κ2) is 9.03. The predicted octanol–water partition coefficient (Wildman–Crippen LogP) is 2.89. The van der Waals surface area contributed by atoms with Crippen LogP contribution in [0.5, 0.6) is 0 Å². The van der Waals surface area contributed by atoms with E-state index in [2.05, 4.69) is 21.1 Å². The smallest absolute Gasteiger partial charge is 0.240 e. The van der Waals surface area contributed by atoms with Gasteiger partial charge in [0.2, 0.25) is 15.9 Å². The Morgan fingerprint density at radius 3 is 2.57 bits per heavy atom. The number of nitrogens with one attached hydrogen (secondary N) is 3. The van der Waals surface area contributed by atoms with Crippen LogP contribution < -0.4 is 10.0 Å². The molecule has 3 aromatic rings. The van der Waals surface area contributed by atoms with E-state index in [4.69, 9.17) is 0 Å². The first-order valence-electron chi connectivity index (χ1n) is 9.34. The normalized spacial score (nSPS) is 11.6. The van der Waals surface area contributed by atoms with E-state index in [1.807, 2.05) is 31.3 Å². The molecule has 0 fully saturated rings. The monoisotopic (exact) mass is 399 g/mol. The van der Waals surface area contributed by atoms with E-state index >= 15 is 0 Å². The summed E-state index contributed by atoms with van der Waals surface area (Å²) in [6.07, 6.45) is 3.95. The zero-order valence-corrected chi connectivity index (χ0v) is 16.7. The molecule has 7 heteroatoms. The van der Waals surface area contributed by atoms with E-state index in [0.29, 0.717) is 6.42 Å². The molecule has 0 spiro atoms. The molecule has 0 aliphatic heterocycles. The van der Waals surface area contributed by atoms with Crippen LogP contribution in [-0.2, 0) is 21.2 Å². The molecule has 0 atom stereocenters. The van der Waals surface area contributed by atoms with Gasteiger partial charge in [-0.05, 0) is 43.5 Å². The molecule has 2 aromatic carbocycles. The Kier molecular flexibility index (Phi) is 6.49. The van der Waals surface area contributed by atoms with Crippen molar-refractivity contribution in [2.75, 3.05) is 13.1 Å². The average molecular weight is 400 g/mol. The average Bonchev–Trinajstić information content (AvgIpc) is 3.09.